The normalized spacial score (nSPS) is 19.0. The zero-order chi connectivity index (χ0) is 13.9. The number of piperidine rings is 1. The van der Waals surface area contributed by atoms with Crippen LogP contribution in [0.2, 0.25) is 0 Å². The van der Waals surface area contributed by atoms with Gasteiger partial charge in [0.25, 0.3) is 0 Å². The Hall–Kier alpha value is -2.30. The van der Waals surface area contributed by atoms with E-state index in [1.807, 2.05) is 30.3 Å². The predicted octanol–water partition coefficient (Wildman–Crippen LogP) is 3.55. The maximum absolute atomic E-state index is 11.3. The van der Waals surface area contributed by atoms with Gasteiger partial charge < -0.3 is 9.52 Å². The summed E-state index contributed by atoms with van der Waals surface area (Å²) < 4.78 is 5.77. The topological polar surface area (TPSA) is 66.6 Å². The fourth-order valence-corrected chi connectivity index (χ4v) is 2.59. The quantitative estimate of drug-likeness (QED) is 0.907. The smallest absolute Gasteiger partial charge is 0.407 e. The van der Waals surface area contributed by atoms with Crippen molar-refractivity contribution in [2.45, 2.75) is 25.3 Å². The van der Waals surface area contributed by atoms with Gasteiger partial charge in [-0.1, -0.05) is 30.3 Å². The molecule has 0 spiro atoms. The Bertz CT molecular complexity index is 594. The molecule has 0 bridgehead atoms. The summed E-state index contributed by atoms with van der Waals surface area (Å²) in [6.07, 6.45) is 3.42. The highest BCUT2D eigenvalue weighted by molar-refractivity contribution is 5.65. The molecule has 0 aliphatic carbocycles. The van der Waals surface area contributed by atoms with Crippen LogP contribution in [0.3, 0.4) is 0 Å². The van der Waals surface area contributed by atoms with Crippen LogP contribution >= 0.6 is 0 Å². The summed E-state index contributed by atoms with van der Waals surface area (Å²) in [6.45, 7) is 0.545. The molecular formula is C15H16N2O3. The van der Waals surface area contributed by atoms with Crippen LogP contribution in [0.4, 0.5) is 4.79 Å². The zero-order valence-electron chi connectivity index (χ0n) is 11.0. The van der Waals surface area contributed by atoms with Crippen LogP contribution in [-0.2, 0) is 0 Å². The van der Waals surface area contributed by atoms with Crippen molar-refractivity contribution < 1.29 is 14.3 Å². The van der Waals surface area contributed by atoms with E-state index in [-0.39, 0.29) is 6.04 Å². The van der Waals surface area contributed by atoms with Gasteiger partial charge in [-0.3, -0.25) is 4.90 Å². The third kappa shape index (κ3) is 2.39. The van der Waals surface area contributed by atoms with E-state index >= 15 is 0 Å². The fourth-order valence-electron chi connectivity index (χ4n) is 2.59. The number of carboxylic acid groups (broad SMARTS) is 1. The number of rotatable bonds is 2. The van der Waals surface area contributed by atoms with Gasteiger partial charge in [-0.2, -0.15) is 0 Å². The van der Waals surface area contributed by atoms with Gasteiger partial charge in [-0.05, 0) is 19.3 Å². The number of likely N-dealkylation sites (tertiary alicyclic amines) is 1. The SMILES string of the molecule is O=C(O)N1CCCCC1c1ncc(-c2ccccc2)o1. The van der Waals surface area contributed by atoms with Crippen molar-refractivity contribution in [3.05, 3.63) is 42.4 Å². The molecule has 0 radical (unpaired) electrons. The molecule has 104 valence electrons. The molecule has 1 aliphatic heterocycles. The van der Waals surface area contributed by atoms with Gasteiger partial charge in [0, 0.05) is 12.1 Å². The third-order valence-electron chi connectivity index (χ3n) is 3.62. The van der Waals surface area contributed by atoms with Crippen LogP contribution in [0.25, 0.3) is 11.3 Å². The van der Waals surface area contributed by atoms with Crippen molar-refractivity contribution in [1.29, 1.82) is 0 Å². The number of nitrogens with zero attached hydrogens (tertiary/aromatic N) is 2. The number of oxazole rings is 1. The van der Waals surface area contributed by atoms with E-state index in [1.165, 1.54) is 4.90 Å². The second kappa shape index (κ2) is 5.36. The van der Waals surface area contributed by atoms with Crippen molar-refractivity contribution in [2.24, 2.45) is 0 Å². The number of hydrogen-bond acceptors (Lipinski definition) is 3. The molecule has 1 fully saturated rings. The first-order chi connectivity index (χ1) is 9.75. The van der Waals surface area contributed by atoms with E-state index in [2.05, 4.69) is 4.98 Å². The summed E-state index contributed by atoms with van der Waals surface area (Å²) in [5.74, 6) is 1.17. The molecule has 3 rings (SSSR count). The Morgan fingerprint density at radius 2 is 2.10 bits per heavy atom. The van der Waals surface area contributed by atoms with Crippen LogP contribution in [0.1, 0.15) is 31.2 Å². The highest BCUT2D eigenvalue weighted by Crippen LogP contribution is 2.32. The first-order valence-corrected chi connectivity index (χ1v) is 6.76. The zero-order valence-corrected chi connectivity index (χ0v) is 11.0. The van der Waals surface area contributed by atoms with Crippen LogP contribution < -0.4 is 0 Å². The Kier molecular flexibility index (Phi) is 3.41. The van der Waals surface area contributed by atoms with Crippen LogP contribution in [0.15, 0.2) is 40.9 Å². The molecule has 1 aromatic heterocycles. The Morgan fingerprint density at radius 3 is 2.85 bits per heavy atom. The van der Waals surface area contributed by atoms with Crippen molar-refractivity contribution in [2.75, 3.05) is 6.54 Å². The van der Waals surface area contributed by atoms with Gasteiger partial charge in [0.2, 0.25) is 5.89 Å². The second-order valence-corrected chi connectivity index (χ2v) is 4.92. The molecule has 1 atom stereocenters. The molecular weight excluding hydrogens is 256 g/mol. The average molecular weight is 272 g/mol. The lowest BCUT2D eigenvalue weighted by molar-refractivity contribution is 0.0964. The molecule has 1 unspecified atom stereocenters. The first kappa shape index (κ1) is 12.7. The minimum Gasteiger partial charge on any atom is -0.465 e. The average Bonchev–Trinajstić information content (AvgIpc) is 2.98. The molecule has 1 aliphatic rings. The summed E-state index contributed by atoms with van der Waals surface area (Å²) >= 11 is 0. The monoisotopic (exact) mass is 272 g/mol. The molecule has 5 nitrogen and oxygen atoms in total. The summed E-state index contributed by atoms with van der Waals surface area (Å²) in [6, 6.07) is 9.43. The van der Waals surface area contributed by atoms with Gasteiger partial charge in [-0.25, -0.2) is 9.78 Å². The summed E-state index contributed by atoms with van der Waals surface area (Å²) in [4.78, 5) is 17.0. The van der Waals surface area contributed by atoms with Crippen LogP contribution in [0, 0.1) is 0 Å². The summed E-state index contributed by atoms with van der Waals surface area (Å²) in [7, 11) is 0. The lowest BCUT2D eigenvalue weighted by Crippen LogP contribution is -2.37. The van der Waals surface area contributed by atoms with E-state index in [9.17, 15) is 9.90 Å². The summed E-state index contributed by atoms with van der Waals surface area (Å²) in [5.41, 5.74) is 0.948. The van der Waals surface area contributed by atoms with Gasteiger partial charge in [-0.15, -0.1) is 0 Å². The molecule has 2 heterocycles. The Morgan fingerprint density at radius 1 is 1.30 bits per heavy atom. The number of amides is 1. The predicted molar refractivity (Wildman–Crippen MR) is 73.3 cm³/mol. The van der Waals surface area contributed by atoms with Crippen molar-refractivity contribution in [1.82, 2.24) is 9.88 Å². The number of benzene rings is 1. The lowest BCUT2D eigenvalue weighted by Gasteiger charge is -2.31. The standard InChI is InChI=1S/C15H16N2O3/c18-15(19)17-9-5-4-8-12(17)14-16-10-13(20-14)11-6-2-1-3-7-11/h1-3,6-7,10,12H,4-5,8-9H2,(H,18,19). The first-order valence-electron chi connectivity index (χ1n) is 6.76. The van der Waals surface area contributed by atoms with Crippen molar-refractivity contribution in [3.63, 3.8) is 0 Å². The molecule has 1 saturated heterocycles. The minimum absolute atomic E-state index is 0.265. The van der Waals surface area contributed by atoms with E-state index in [0.29, 0.717) is 18.2 Å². The minimum atomic E-state index is -0.908. The highest BCUT2D eigenvalue weighted by Gasteiger charge is 2.31. The molecule has 1 aromatic carbocycles. The van der Waals surface area contributed by atoms with E-state index in [1.54, 1.807) is 6.20 Å². The van der Waals surface area contributed by atoms with Crippen LogP contribution in [-0.4, -0.2) is 27.6 Å². The third-order valence-corrected chi connectivity index (χ3v) is 3.62. The van der Waals surface area contributed by atoms with E-state index in [0.717, 1.165) is 24.8 Å². The number of hydrogen-bond donors (Lipinski definition) is 1. The molecule has 0 saturated carbocycles. The van der Waals surface area contributed by atoms with E-state index in [4.69, 9.17) is 4.42 Å². The second-order valence-electron chi connectivity index (χ2n) is 4.92. The van der Waals surface area contributed by atoms with E-state index < -0.39 is 6.09 Å². The molecule has 20 heavy (non-hydrogen) atoms. The Balaban J connectivity index is 1.87. The Labute approximate surface area is 116 Å². The van der Waals surface area contributed by atoms with Gasteiger partial charge in [0.15, 0.2) is 5.76 Å². The largest absolute Gasteiger partial charge is 0.465 e. The van der Waals surface area contributed by atoms with Crippen molar-refractivity contribution >= 4 is 6.09 Å². The highest BCUT2D eigenvalue weighted by atomic mass is 16.4. The van der Waals surface area contributed by atoms with Crippen LogP contribution in [0.5, 0.6) is 0 Å². The van der Waals surface area contributed by atoms with Gasteiger partial charge in [0.1, 0.15) is 6.04 Å². The lowest BCUT2D eigenvalue weighted by atomic mass is 10.0. The number of aromatic nitrogens is 1. The maximum atomic E-state index is 11.3. The molecule has 2 aromatic rings. The molecule has 1 N–H and O–H groups in total. The van der Waals surface area contributed by atoms with Gasteiger partial charge >= 0.3 is 6.09 Å². The maximum Gasteiger partial charge on any atom is 0.407 e. The van der Waals surface area contributed by atoms with Gasteiger partial charge in [0.05, 0.1) is 6.20 Å². The number of carbonyl (C=O) groups is 1. The fraction of sp³-hybridized carbons (Fsp3) is 0.333. The van der Waals surface area contributed by atoms with Crippen molar-refractivity contribution in [3.8, 4) is 11.3 Å². The summed E-state index contributed by atoms with van der Waals surface area (Å²) in [5, 5.41) is 9.25. The molecule has 5 heteroatoms. The molecule has 1 amide bonds.